The Morgan fingerprint density at radius 2 is 1.67 bits per heavy atom. The summed E-state index contributed by atoms with van der Waals surface area (Å²) >= 11 is 1.81. The third kappa shape index (κ3) is 3.34. The summed E-state index contributed by atoms with van der Waals surface area (Å²) in [6.45, 7) is 5.17. The van der Waals surface area contributed by atoms with E-state index in [0.29, 0.717) is 0 Å². The Balaban J connectivity index is 1.69. The van der Waals surface area contributed by atoms with Gasteiger partial charge in [0, 0.05) is 17.1 Å². The van der Waals surface area contributed by atoms with Crippen LogP contribution in [0.3, 0.4) is 0 Å². The zero-order valence-electron chi connectivity index (χ0n) is 12.4. The Kier molecular flexibility index (Phi) is 4.07. The highest BCUT2D eigenvalue weighted by Gasteiger charge is 2.02. The molecule has 0 saturated carbocycles. The standard InChI is InChI=1S/C19H19NS/c1-14-8-9-18(10-15(14)2)20-12-19-11-17(13-21-19)16-6-4-3-5-7-16/h3-11,13,20H,12H2,1-2H3. The average molecular weight is 293 g/mol. The number of hydrogen-bond donors (Lipinski definition) is 1. The van der Waals surface area contributed by atoms with Gasteiger partial charge >= 0.3 is 0 Å². The molecule has 21 heavy (non-hydrogen) atoms. The zero-order valence-corrected chi connectivity index (χ0v) is 13.2. The van der Waals surface area contributed by atoms with Crippen LogP contribution < -0.4 is 5.32 Å². The van der Waals surface area contributed by atoms with Crippen molar-refractivity contribution in [3.63, 3.8) is 0 Å². The third-order valence-corrected chi connectivity index (χ3v) is 4.67. The molecule has 0 unspecified atom stereocenters. The first kappa shape index (κ1) is 13.9. The summed E-state index contributed by atoms with van der Waals surface area (Å²) in [5.74, 6) is 0. The molecule has 0 fully saturated rings. The second kappa shape index (κ2) is 6.15. The van der Waals surface area contributed by atoms with Crippen LogP contribution in [0.5, 0.6) is 0 Å². The van der Waals surface area contributed by atoms with Crippen molar-refractivity contribution in [2.24, 2.45) is 0 Å². The molecule has 0 atom stereocenters. The van der Waals surface area contributed by atoms with E-state index >= 15 is 0 Å². The highest BCUT2D eigenvalue weighted by molar-refractivity contribution is 7.10. The van der Waals surface area contributed by atoms with Crippen LogP contribution in [0.15, 0.2) is 60.0 Å². The molecular formula is C19H19NS. The van der Waals surface area contributed by atoms with Crippen LogP contribution in [-0.4, -0.2) is 0 Å². The molecule has 1 nitrogen and oxygen atoms in total. The van der Waals surface area contributed by atoms with Crippen molar-refractivity contribution >= 4 is 17.0 Å². The van der Waals surface area contributed by atoms with Gasteiger partial charge in [0.05, 0.1) is 0 Å². The lowest BCUT2D eigenvalue weighted by molar-refractivity contribution is 1.18. The van der Waals surface area contributed by atoms with Gasteiger partial charge in [0.25, 0.3) is 0 Å². The lowest BCUT2D eigenvalue weighted by atomic mass is 10.1. The molecule has 2 aromatic carbocycles. The van der Waals surface area contributed by atoms with E-state index in [4.69, 9.17) is 0 Å². The van der Waals surface area contributed by atoms with Crippen molar-refractivity contribution in [2.45, 2.75) is 20.4 Å². The van der Waals surface area contributed by atoms with Gasteiger partial charge in [0.1, 0.15) is 0 Å². The molecule has 0 aliphatic rings. The zero-order chi connectivity index (χ0) is 14.7. The van der Waals surface area contributed by atoms with Crippen molar-refractivity contribution in [3.8, 4) is 11.1 Å². The van der Waals surface area contributed by atoms with E-state index < -0.39 is 0 Å². The SMILES string of the molecule is Cc1ccc(NCc2cc(-c3ccccc3)cs2)cc1C. The minimum Gasteiger partial charge on any atom is -0.380 e. The molecular weight excluding hydrogens is 274 g/mol. The molecule has 106 valence electrons. The third-order valence-electron chi connectivity index (χ3n) is 3.73. The first-order valence-electron chi connectivity index (χ1n) is 7.16. The molecule has 3 aromatic rings. The molecule has 0 amide bonds. The van der Waals surface area contributed by atoms with Gasteiger partial charge in [-0.3, -0.25) is 0 Å². The summed E-state index contributed by atoms with van der Waals surface area (Å²) in [6.07, 6.45) is 0. The smallest absolute Gasteiger partial charge is 0.0494 e. The van der Waals surface area contributed by atoms with Gasteiger partial charge < -0.3 is 5.32 Å². The van der Waals surface area contributed by atoms with E-state index in [1.165, 1.54) is 32.8 Å². The predicted octanol–water partition coefficient (Wildman–Crippen LogP) is 5.64. The Morgan fingerprint density at radius 3 is 2.43 bits per heavy atom. The lowest BCUT2D eigenvalue weighted by Crippen LogP contribution is -1.97. The molecule has 1 N–H and O–H groups in total. The van der Waals surface area contributed by atoms with Crippen LogP contribution in [0.4, 0.5) is 5.69 Å². The first-order valence-corrected chi connectivity index (χ1v) is 8.04. The molecule has 1 aromatic heterocycles. The first-order chi connectivity index (χ1) is 10.2. The minimum atomic E-state index is 0.875. The lowest BCUT2D eigenvalue weighted by Gasteiger charge is -2.07. The summed E-state index contributed by atoms with van der Waals surface area (Å²) in [4.78, 5) is 1.35. The fourth-order valence-corrected chi connectivity index (χ4v) is 3.13. The molecule has 0 bridgehead atoms. The molecule has 0 saturated heterocycles. The van der Waals surface area contributed by atoms with Gasteiger partial charge in [-0.25, -0.2) is 0 Å². The van der Waals surface area contributed by atoms with Crippen molar-refractivity contribution in [1.82, 2.24) is 0 Å². The number of thiophene rings is 1. The van der Waals surface area contributed by atoms with Gasteiger partial charge in [-0.1, -0.05) is 36.4 Å². The molecule has 0 radical (unpaired) electrons. The number of rotatable bonds is 4. The maximum Gasteiger partial charge on any atom is 0.0494 e. The van der Waals surface area contributed by atoms with Crippen molar-refractivity contribution in [2.75, 3.05) is 5.32 Å². The second-order valence-corrected chi connectivity index (χ2v) is 6.32. The Bertz CT molecular complexity index is 728. The van der Waals surface area contributed by atoms with Gasteiger partial charge in [-0.15, -0.1) is 11.3 Å². The number of benzene rings is 2. The van der Waals surface area contributed by atoms with Crippen molar-refractivity contribution < 1.29 is 0 Å². The van der Waals surface area contributed by atoms with Crippen molar-refractivity contribution in [1.29, 1.82) is 0 Å². The Labute approximate surface area is 130 Å². The van der Waals surface area contributed by atoms with E-state index in [1.54, 1.807) is 0 Å². The van der Waals surface area contributed by atoms with Gasteiger partial charge in [0.2, 0.25) is 0 Å². The Morgan fingerprint density at radius 1 is 0.857 bits per heavy atom. The number of anilines is 1. The molecule has 0 spiro atoms. The van der Waals surface area contributed by atoms with Crippen molar-refractivity contribution in [3.05, 3.63) is 76.0 Å². The molecule has 2 heteroatoms. The van der Waals surface area contributed by atoms with Gasteiger partial charge in [-0.2, -0.15) is 0 Å². The fraction of sp³-hybridized carbons (Fsp3) is 0.158. The molecule has 1 heterocycles. The normalized spacial score (nSPS) is 10.6. The van der Waals surface area contributed by atoms with Crippen LogP contribution >= 0.6 is 11.3 Å². The quantitative estimate of drug-likeness (QED) is 0.656. The highest BCUT2D eigenvalue weighted by atomic mass is 32.1. The summed E-state index contributed by atoms with van der Waals surface area (Å²) < 4.78 is 0. The van der Waals surface area contributed by atoms with E-state index in [0.717, 1.165) is 6.54 Å². The summed E-state index contributed by atoms with van der Waals surface area (Å²) in [5.41, 5.74) is 6.44. The number of nitrogens with one attached hydrogen (secondary N) is 1. The van der Waals surface area contributed by atoms with Crippen LogP contribution in [0, 0.1) is 13.8 Å². The summed E-state index contributed by atoms with van der Waals surface area (Å²) in [7, 11) is 0. The molecule has 0 aliphatic heterocycles. The van der Waals surface area contributed by atoms with E-state index in [1.807, 2.05) is 11.3 Å². The van der Waals surface area contributed by atoms with Crippen LogP contribution in [0.25, 0.3) is 11.1 Å². The van der Waals surface area contributed by atoms with E-state index in [-0.39, 0.29) is 0 Å². The fourth-order valence-electron chi connectivity index (χ4n) is 2.30. The number of hydrogen-bond acceptors (Lipinski definition) is 2. The maximum absolute atomic E-state index is 3.50. The average Bonchev–Trinajstić information content (AvgIpc) is 2.98. The topological polar surface area (TPSA) is 12.0 Å². The number of aryl methyl sites for hydroxylation is 2. The molecule has 0 aliphatic carbocycles. The van der Waals surface area contributed by atoms with Gasteiger partial charge in [0.15, 0.2) is 0 Å². The second-order valence-electron chi connectivity index (χ2n) is 5.32. The monoisotopic (exact) mass is 293 g/mol. The minimum absolute atomic E-state index is 0.875. The van der Waals surface area contributed by atoms with E-state index in [2.05, 4.69) is 79.1 Å². The van der Waals surface area contributed by atoms with E-state index in [9.17, 15) is 0 Å². The maximum atomic E-state index is 3.50. The van der Waals surface area contributed by atoms with Gasteiger partial charge in [-0.05, 0) is 59.7 Å². The summed E-state index contributed by atoms with van der Waals surface area (Å²) in [5, 5.41) is 5.73. The summed E-state index contributed by atoms with van der Waals surface area (Å²) in [6, 6.07) is 19.3. The largest absolute Gasteiger partial charge is 0.380 e. The van der Waals surface area contributed by atoms with Crippen LogP contribution in [-0.2, 0) is 6.54 Å². The van der Waals surface area contributed by atoms with Crippen LogP contribution in [0.2, 0.25) is 0 Å². The predicted molar refractivity (Wildman–Crippen MR) is 93.0 cm³/mol. The highest BCUT2D eigenvalue weighted by Crippen LogP contribution is 2.26. The van der Waals surface area contributed by atoms with Crippen LogP contribution in [0.1, 0.15) is 16.0 Å². The Hall–Kier alpha value is -2.06. The molecule has 3 rings (SSSR count).